The van der Waals surface area contributed by atoms with Gasteiger partial charge in [-0.2, -0.15) is 0 Å². The third-order valence-corrected chi connectivity index (χ3v) is 5.49. The molecule has 140 valence electrons. The molecule has 5 heteroatoms. The van der Waals surface area contributed by atoms with Crippen LogP contribution in [0, 0.1) is 6.92 Å². The number of nitrogens with one attached hydrogen (secondary N) is 1. The number of piperazine rings is 1. The molecule has 1 saturated heterocycles. The number of hydrogen-bond acceptors (Lipinski definition) is 4. The van der Waals surface area contributed by atoms with Crippen molar-refractivity contribution in [3.8, 4) is 0 Å². The molecule has 1 heterocycles. The fourth-order valence-electron chi connectivity index (χ4n) is 3.64. The van der Waals surface area contributed by atoms with Crippen molar-refractivity contribution in [1.29, 1.82) is 0 Å². The van der Waals surface area contributed by atoms with Crippen molar-refractivity contribution in [3.05, 3.63) is 35.4 Å². The predicted molar refractivity (Wildman–Crippen MR) is 102 cm³/mol. The summed E-state index contributed by atoms with van der Waals surface area (Å²) in [6.45, 7) is 12.0. The van der Waals surface area contributed by atoms with Crippen molar-refractivity contribution in [2.24, 2.45) is 0 Å². The Morgan fingerprint density at radius 2 is 1.76 bits per heavy atom. The van der Waals surface area contributed by atoms with Gasteiger partial charge >= 0.3 is 0 Å². The van der Waals surface area contributed by atoms with Gasteiger partial charge in [-0.15, -0.1) is 0 Å². The van der Waals surface area contributed by atoms with E-state index in [1.165, 1.54) is 11.1 Å². The van der Waals surface area contributed by atoms with E-state index in [1.54, 1.807) is 0 Å². The van der Waals surface area contributed by atoms with E-state index >= 15 is 0 Å². The van der Waals surface area contributed by atoms with Gasteiger partial charge in [-0.05, 0) is 38.3 Å². The van der Waals surface area contributed by atoms with Crippen LogP contribution in [0.1, 0.15) is 44.4 Å². The lowest BCUT2D eigenvalue weighted by Crippen LogP contribution is -2.56. The van der Waals surface area contributed by atoms with Gasteiger partial charge in [0.15, 0.2) is 0 Å². The first-order valence-electron chi connectivity index (χ1n) is 9.42. The zero-order chi connectivity index (χ0) is 18.4. The number of benzene rings is 1. The second-order valence-corrected chi connectivity index (χ2v) is 7.08. The van der Waals surface area contributed by atoms with Gasteiger partial charge in [0.1, 0.15) is 0 Å². The lowest BCUT2D eigenvalue weighted by molar-refractivity contribution is -0.127. The minimum absolute atomic E-state index is 0.0105. The van der Waals surface area contributed by atoms with E-state index in [0.717, 1.165) is 32.6 Å². The molecule has 1 fully saturated rings. The minimum atomic E-state index is -0.136. The largest absolute Gasteiger partial charge is 0.395 e. The van der Waals surface area contributed by atoms with Gasteiger partial charge < -0.3 is 10.4 Å². The monoisotopic (exact) mass is 347 g/mol. The van der Waals surface area contributed by atoms with Crippen LogP contribution in [-0.4, -0.2) is 65.7 Å². The van der Waals surface area contributed by atoms with Gasteiger partial charge in [0.25, 0.3) is 0 Å². The van der Waals surface area contributed by atoms with E-state index in [9.17, 15) is 9.90 Å². The number of hydrogen-bond donors (Lipinski definition) is 2. The average Bonchev–Trinajstić information content (AvgIpc) is 2.63. The van der Waals surface area contributed by atoms with Crippen LogP contribution >= 0.6 is 0 Å². The van der Waals surface area contributed by atoms with Crippen LogP contribution in [-0.2, 0) is 4.79 Å². The van der Waals surface area contributed by atoms with Gasteiger partial charge in [-0.25, -0.2) is 0 Å². The topological polar surface area (TPSA) is 55.8 Å². The molecule has 2 rings (SSSR count). The number of rotatable bonds is 7. The molecule has 1 aromatic rings. The minimum Gasteiger partial charge on any atom is -0.395 e. The number of nitrogens with zero attached hydrogens (tertiary/aromatic N) is 2. The van der Waals surface area contributed by atoms with E-state index in [0.29, 0.717) is 0 Å². The molecule has 25 heavy (non-hydrogen) atoms. The lowest BCUT2D eigenvalue weighted by Gasteiger charge is -2.40. The summed E-state index contributed by atoms with van der Waals surface area (Å²) in [6.07, 6.45) is 0.959. The first kappa shape index (κ1) is 19.9. The first-order valence-corrected chi connectivity index (χ1v) is 9.42. The molecule has 5 nitrogen and oxygen atoms in total. The molecule has 3 unspecified atom stereocenters. The van der Waals surface area contributed by atoms with Gasteiger partial charge in [0.05, 0.1) is 18.7 Å². The fraction of sp³-hybridized carbons (Fsp3) is 0.650. The third kappa shape index (κ3) is 5.03. The lowest BCUT2D eigenvalue weighted by atomic mass is 10.0. The molecular formula is C20H33N3O2. The molecule has 0 aliphatic carbocycles. The van der Waals surface area contributed by atoms with Crippen molar-refractivity contribution in [3.63, 3.8) is 0 Å². The summed E-state index contributed by atoms with van der Waals surface area (Å²) in [5, 5.41) is 12.6. The maximum absolute atomic E-state index is 12.7. The Hall–Kier alpha value is -1.43. The summed E-state index contributed by atoms with van der Waals surface area (Å²) < 4.78 is 0. The summed E-state index contributed by atoms with van der Waals surface area (Å²) in [5.74, 6) is 0.0819. The molecule has 1 aromatic carbocycles. The van der Waals surface area contributed by atoms with Gasteiger partial charge in [0, 0.05) is 32.2 Å². The maximum Gasteiger partial charge on any atom is 0.237 e. The summed E-state index contributed by atoms with van der Waals surface area (Å²) in [6, 6.07) is 8.30. The normalized spacial score (nSPS) is 20.0. The van der Waals surface area contributed by atoms with Gasteiger partial charge in [0.2, 0.25) is 5.91 Å². The van der Waals surface area contributed by atoms with Gasteiger partial charge in [-0.1, -0.05) is 31.2 Å². The molecule has 0 bridgehead atoms. The molecule has 0 spiro atoms. The number of aryl methyl sites for hydroxylation is 1. The molecule has 0 radical (unpaired) electrons. The molecule has 1 aliphatic rings. The Morgan fingerprint density at radius 3 is 2.32 bits per heavy atom. The van der Waals surface area contributed by atoms with Crippen molar-refractivity contribution in [2.75, 3.05) is 32.8 Å². The van der Waals surface area contributed by atoms with Crippen molar-refractivity contribution < 1.29 is 9.90 Å². The average molecular weight is 348 g/mol. The number of carbonyl (C=O) groups is 1. The van der Waals surface area contributed by atoms with Crippen LogP contribution in [0.4, 0.5) is 0 Å². The van der Waals surface area contributed by atoms with Crippen LogP contribution in [0.3, 0.4) is 0 Å². The number of aliphatic hydroxyl groups is 1. The highest BCUT2D eigenvalue weighted by Crippen LogP contribution is 2.17. The van der Waals surface area contributed by atoms with Crippen LogP contribution in [0.5, 0.6) is 0 Å². The highest BCUT2D eigenvalue weighted by atomic mass is 16.3. The molecular weight excluding hydrogens is 314 g/mol. The third-order valence-electron chi connectivity index (χ3n) is 5.49. The van der Waals surface area contributed by atoms with E-state index in [2.05, 4.69) is 41.1 Å². The maximum atomic E-state index is 12.7. The summed E-state index contributed by atoms with van der Waals surface area (Å²) in [4.78, 5) is 17.2. The Morgan fingerprint density at radius 1 is 1.16 bits per heavy atom. The van der Waals surface area contributed by atoms with Crippen LogP contribution in [0.15, 0.2) is 24.3 Å². The Kier molecular flexibility index (Phi) is 7.41. The smallest absolute Gasteiger partial charge is 0.237 e. The Bertz CT molecular complexity index is 552. The molecule has 0 aromatic heterocycles. The van der Waals surface area contributed by atoms with E-state index in [-0.39, 0.29) is 30.6 Å². The SMILES string of the molecule is CCC(CO)N1CCN(C(C)C(=O)NC(C)c2ccccc2C)CC1. The van der Waals surface area contributed by atoms with E-state index in [4.69, 9.17) is 0 Å². The molecule has 0 saturated carbocycles. The van der Waals surface area contributed by atoms with E-state index in [1.807, 2.05) is 26.0 Å². The molecule has 1 amide bonds. The summed E-state index contributed by atoms with van der Waals surface area (Å²) >= 11 is 0. The van der Waals surface area contributed by atoms with Crippen molar-refractivity contribution >= 4 is 5.91 Å². The van der Waals surface area contributed by atoms with Crippen molar-refractivity contribution in [2.45, 2.75) is 52.2 Å². The quantitative estimate of drug-likeness (QED) is 0.792. The predicted octanol–water partition coefficient (Wildman–Crippen LogP) is 1.95. The highest BCUT2D eigenvalue weighted by Gasteiger charge is 2.28. The summed E-state index contributed by atoms with van der Waals surface area (Å²) in [7, 11) is 0. The standard InChI is InChI=1S/C20H33N3O2/c1-5-18(14-24)23-12-10-22(11-13-23)17(4)20(25)21-16(3)19-9-7-6-8-15(19)2/h6-9,16-18,24H,5,10-14H2,1-4H3,(H,21,25). The van der Waals surface area contributed by atoms with Crippen LogP contribution in [0.2, 0.25) is 0 Å². The first-order chi connectivity index (χ1) is 12.0. The second-order valence-electron chi connectivity index (χ2n) is 7.08. The second kappa shape index (κ2) is 9.32. The summed E-state index contributed by atoms with van der Waals surface area (Å²) in [5.41, 5.74) is 2.37. The van der Waals surface area contributed by atoms with Crippen LogP contribution in [0.25, 0.3) is 0 Å². The Balaban J connectivity index is 1.87. The van der Waals surface area contributed by atoms with Crippen molar-refractivity contribution in [1.82, 2.24) is 15.1 Å². The number of carbonyl (C=O) groups excluding carboxylic acids is 1. The number of aliphatic hydroxyl groups excluding tert-OH is 1. The molecule has 2 N–H and O–H groups in total. The molecule has 3 atom stereocenters. The zero-order valence-corrected chi connectivity index (χ0v) is 16.0. The zero-order valence-electron chi connectivity index (χ0n) is 16.0. The fourth-order valence-corrected chi connectivity index (χ4v) is 3.64. The Labute approximate surface area is 152 Å². The van der Waals surface area contributed by atoms with Crippen LogP contribution < -0.4 is 5.32 Å². The number of amides is 1. The molecule has 1 aliphatic heterocycles. The highest BCUT2D eigenvalue weighted by molar-refractivity contribution is 5.81. The van der Waals surface area contributed by atoms with Gasteiger partial charge in [-0.3, -0.25) is 14.6 Å². The van der Waals surface area contributed by atoms with E-state index < -0.39 is 0 Å².